The van der Waals surface area contributed by atoms with E-state index in [1.54, 1.807) is 0 Å². The average molecular weight is 234 g/mol. The second kappa shape index (κ2) is 4.50. The summed E-state index contributed by atoms with van der Waals surface area (Å²) >= 11 is 1.84. The third-order valence-electron chi connectivity index (χ3n) is 3.01. The Morgan fingerprint density at radius 1 is 1.12 bits per heavy atom. The van der Waals surface area contributed by atoms with E-state index in [4.69, 9.17) is 4.99 Å². The molecule has 0 aromatic heterocycles. The Bertz CT molecular complexity index is 438. The van der Waals surface area contributed by atoms with Gasteiger partial charge in [-0.3, -0.25) is 0 Å². The van der Waals surface area contributed by atoms with Crippen molar-refractivity contribution in [3.05, 3.63) is 28.8 Å². The molecule has 0 N–H and O–H groups in total. The molecule has 0 bridgehead atoms. The van der Waals surface area contributed by atoms with Gasteiger partial charge >= 0.3 is 0 Å². The fourth-order valence-electron chi connectivity index (χ4n) is 1.77. The van der Waals surface area contributed by atoms with E-state index >= 15 is 0 Å². The summed E-state index contributed by atoms with van der Waals surface area (Å²) in [5, 5.41) is 1.14. The van der Waals surface area contributed by atoms with Crippen molar-refractivity contribution < 1.29 is 0 Å². The minimum absolute atomic E-state index is 1.10. The maximum atomic E-state index is 4.75. The lowest BCUT2D eigenvalue weighted by molar-refractivity contribution is 0.563. The molecule has 0 radical (unpaired) electrons. The first-order chi connectivity index (χ1) is 7.58. The van der Waals surface area contributed by atoms with Crippen molar-refractivity contribution in [1.29, 1.82) is 0 Å². The lowest BCUT2D eigenvalue weighted by Crippen LogP contribution is -2.17. The van der Waals surface area contributed by atoms with Gasteiger partial charge in [-0.1, -0.05) is 17.8 Å². The molecule has 3 heteroatoms. The number of aliphatic imine (C=N–C) groups is 1. The second-order valence-corrected chi connectivity index (χ2v) is 5.45. The van der Waals surface area contributed by atoms with Gasteiger partial charge in [-0.2, -0.15) is 0 Å². The van der Waals surface area contributed by atoms with E-state index in [0.717, 1.165) is 23.2 Å². The lowest BCUT2D eigenvalue weighted by atomic mass is 10.1. The Morgan fingerprint density at radius 2 is 1.81 bits per heavy atom. The van der Waals surface area contributed by atoms with Gasteiger partial charge in [-0.15, -0.1) is 0 Å². The molecule has 1 aromatic carbocycles. The van der Waals surface area contributed by atoms with Gasteiger partial charge in [-0.25, -0.2) is 4.99 Å². The van der Waals surface area contributed by atoms with Crippen LogP contribution in [0.2, 0.25) is 0 Å². The highest BCUT2D eigenvalue weighted by Crippen LogP contribution is 2.26. The van der Waals surface area contributed by atoms with Crippen LogP contribution in [0.3, 0.4) is 0 Å². The van der Waals surface area contributed by atoms with Crippen molar-refractivity contribution in [3.8, 4) is 0 Å². The number of aryl methyl sites for hydroxylation is 3. The number of hydrogen-bond donors (Lipinski definition) is 0. The van der Waals surface area contributed by atoms with Gasteiger partial charge in [0, 0.05) is 19.3 Å². The summed E-state index contributed by atoms with van der Waals surface area (Å²) in [5.41, 5.74) is 5.03. The topological polar surface area (TPSA) is 15.6 Å². The van der Waals surface area contributed by atoms with E-state index in [2.05, 4.69) is 44.9 Å². The quantitative estimate of drug-likeness (QED) is 0.741. The van der Waals surface area contributed by atoms with Crippen molar-refractivity contribution in [2.75, 3.05) is 19.3 Å². The smallest absolute Gasteiger partial charge is 0.164 e. The van der Waals surface area contributed by atoms with Crippen molar-refractivity contribution in [2.24, 2.45) is 4.99 Å². The van der Waals surface area contributed by atoms with Crippen LogP contribution in [0.1, 0.15) is 16.7 Å². The largest absolute Gasteiger partial charge is 0.353 e. The zero-order valence-electron chi connectivity index (χ0n) is 10.4. The number of benzene rings is 1. The monoisotopic (exact) mass is 234 g/mol. The molecule has 1 aliphatic rings. The fraction of sp³-hybridized carbons (Fsp3) is 0.462. The molecule has 2 rings (SSSR count). The second-order valence-electron chi connectivity index (χ2n) is 4.39. The molecule has 0 spiro atoms. The van der Waals surface area contributed by atoms with Crippen LogP contribution in [-0.4, -0.2) is 29.4 Å². The SMILES string of the molecule is Cc1cc(C)c(N=C2SCCN2C)cc1C. The number of rotatable bonds is 1. The van der Waals surface area contributed by atoms with Gasteiger partial charge in [0.15, 0.2) is 5.17 Å². The van der Waals surface area contributed by atoms with Crippen LogP contribution in [-0.2, 0) is 0 Å². The fourth-order valence-corrected chi connectivity index (χ4v) is 2.79. The maximum Gasteiger partial charge on any atom is 0.164 e. The summed E-state index contributed by atoms with van der Waals surface area (Å²) in [6.45, 7) is 7.53. The van der Waals surface area contributed by atoms with Crippen LogP contribution >= 0.6 is 11.8 Å². The summed E-state index contributed by atoms with van der Waals surface area (Å²) in [7, 11) is 2.11. The minimum atomic E-state index is 1.10. The molecule has 1 aliphatic heterocycles. The molecular weight excluding hydrogens is 216 g/mol. The molecular formula is C13H18N2S. The highest BCUT2D eigenvalue weighted by Gasteiger charge is 2.15. The Labute approximate surface area is 102 Å². The van der Waals surface area contributed by atoms with Crippen molar-refractivity contribution in [1.82, 2.24) is 4.90 Å². The minimum Gasteiger partial charge on any atom is -0.353 e. The molecule has 0 atom stereocenters. The molecule has 1 saturated heterocycles. The van der Waals surface area contributed by atoms with Crippen LogP contribution in [0.5, 0.6) is 0 Å². The Morgan fingerprint density at radius 3 is 2.44 bits per heavy atom. The number of amidine groups is 1. The van der Waals surface area contributed by atoms with Crippen LogP contribution < -0.4 is 0 Å². The first-order valence-corrected chi connectivity index (χ1v) is 6.57. The first kappa shape index (κ1) is 11.5. The summed E-state index contributed by atoms with van der Waals surface area (Å²) in [6.07, 6.45) is 0. The van der Waals surface area contributed by atoms with E-state index < -0.39 is 0 Å². The van der Waals surface area contributed by atoms with Gasteiger partial charge in [0.2, 0.25) is 0 Å². The van der Waals surface area contributed by atoms with Gasteiger partial charge in [-0.05, 0) is 43.5 Å². The standard InChI is InChI=1S/C13H18N2S/c1-9-7-11(3)12(8-10(9)2)14-13-15(4)5-6-16-13/h7-8H,5-6H2,1-4H3. The van der Waals surface area contributed by atoms with E-state index in [0.29, 0.717) is 0 Å². The average Bonchev–Trinajstić information content (AvgIpc) is 2.61. The molecule has 0 amide bonds. The number of hydrogen-bond acceptors (Lipinski definition) is 2. The summed E-state index contributed by atoms with van der Waals surface area (Å²) in [4.78, 5) is 6.97. The summed E-state index contributed by atoms with van der Waals surface area (Å²) < 4.78 is 0. The van der Waals surface area contributed by atoms with Gasteiger partial charge < -0.3 is 4.90 Å². The molecule has 16 heavy (non-hydrogen) atoms. The lowest BCUT2D eigenvalue weighted by Gasteiger charge is -2.11. The van der Waals surface area contributed by atoms with Crippen molar-refractivity contribution in [3.63, 3.8) is 0 Å². The van der Waals surface area contributed by atoms with Gasteiger partial charge in [0.25, 0.3) is 0 Å². The normalized spacial score (nSPS) is 18.5. The molecule has 1 fully saturated rings. The predicted octanol–water partition coefficient (Wildman–Crippen LogP) is 3.28. The molecule has 0 aliphatic carbocycles. The van der Waals surface area contributed by atoms with Crippen LogP contribution in [0, 0.1) is 20.8 Å². The molecule has 0 saturated carbocycles. The Balaban J connectivity index is 2.37. The van der Waals surface area contributed by atoms with Crippen LogP contribution in [0.15, 0.2) is 17.1 Å². The highest BCUT2D eigenvalue weighted by molar-refractivity contribution is 8.14. The van der Waals surface area contributed by atoms with Gasteiger partial charge in [0.05, 0.1) is 5.69 Å². The molecule has 1 heterocycles. The maximum absolute atomic E-state index is 4.75. The highest BCUT2D eigenvalue weighted by atomic mass is 32.2. The van der Waals surface area contributed by atoms with E-state index in [9.17, 15) is 0 Å². The van der Waals surface area contributed by atoms with E-state index in [1.807, 2.05) is 11.8 Å². The summed E-state index contributed by atoms with van der Waals surface area (Å²) in [6, 6.07) is 4.40. The van der Waals surface area contributed by atoms with Crippen molar-refractivity contribution >= 4 is 22.6 Å². The van der Waals surface area contributed by atoms with Crippen LogP contribution in [0.25, 0.3) is 0 Å². The molecule has 2 nitrogen and oxygen atoms in total. The third-order valence-corrected chi connectivity index (χ3v) is 4.06. The third kappa shape index (κ3) is 2.24. The van der Waals surface area contributed by atoms with E-state index in [-0.39, 0.29) is 0 Å². The Kier molecular flexibility index (Phi) is 3.24. The molecule has 0 unspecified atom stereocenters. The number of thioether (sulfide) groups is 1. The van der Waals surface area contributed by atoms with Crippen molar-refractivity contribution in [2.45, 2.75) is 20.8 Å². The summed E-state index contributed by atoms with van der Waals surface area (Å²) in [5.74, 6) is 1.15. The van der Waals surface area contributed by atoms with Gasteiger partial charge in [0.1, 0.15) is 0 Å². The van der Waals surface area contributed by atoms with E-state index in [1.165, 1.54) is 16.7 Å². The Hall–Kier alpha value is -0.960. The number of nitrogens with zero attached hydrogens (tertiary/aromatic N) is 2. The zero-order valence-corrected chi connectivity index (χ0v) is 11.2. The zero-order chi connectivity index (χ0) is 11.7. The molecule has 1 aromatic rings. The first-order valence-electron chi connectivity index (χ1n) is 5.58. The molecule has 86 valence electrons. The predicted molar refractivity (Wildman–Crippen MR) is 72.8 cm³/mol. The van der Waals surface area contributed by atoms with Crippen LogP contribution in [0.4, 0.5) is 5.69 Å².